The van der Waals surface area contributed by atoms with Crippen LogP contribution in [0.15, 0.2) is 34.8 Å². The Balaban J connectivity index is 2.36. The summed E-state index contributed by atoms with van der Waals surface area (Å²) in [6.45, 7) is 14.7. The second kappa shape index (κ2) is 11.4. The summed E-state index contributed by atoms with van der Waals surface area (Å²) in [6.07, 6.45) is 2.73. The summed E-state index contributed by atoms with van der Waals surface area (Å²) in [4.78, 5) is 30.2. The highest BCUT2D eigenvalue weighted by atomic mass is 32.1. The molecule has 1 aromatic heterocycles. The minimum absolute atomic E-state index is 0.0617. The summed E-state index contributed by atoms with van der Waals surface area (Å²) in [5, 5.41) is 24.3. The SMILES string of the molecule is C=C1C(=O)C(C)(C)[C@@H](O)CC(=O)O[C@H](/C(C)=C/c2csc(C)n2)C/C=C(/C)CC[C@H](C)[C@@H]1O. The Morgan fingerprint density at radius 2 is 1.97 bits per heavy atom. The molecule has 0 spiro atoms. The van der Waals surface area contributed by atoms with E-state index in [1.165, 1.54) is 0 Å². The number of aryl methyl sites for hydroxylation is 1. The average Bonchev–Trinajstić information content (AvgIpc) is 3.16. The van der Waals surface area contributed by atoms with Crippen molar-refractivity contribution in [3.05, 3.63) is 45.5 Å². The van der Waals surface area contributed by atoms with Crippen LogP contribution in [-0.2, 0) is 14.3 Å². The first kappa shape index (κ1) is 27.2. The Morgan fingerprint density at radius 3 is 2.58 bits per heavy atom. The molecule has 182 valence electrons. The van der Waals surface area contributed by atoms with Crippen molar-refractivity contribution in [1.82, 2.24) is 4.98 Å². The first-order valence-corrected chi connectivity index (χ1v) is 12.3. The number of aliphatic hydroxyl groups excluding tert-OH is 2. The van der Waals surface area contributed by atoms with Gasteiger partial charge in [0.15, 0.2) is 5.78 Å². The summed E-state index contributed by atoms with van der Waals surface area (Å²) in [5.41, 5.74) is 1.55. The van der Waals surface area contributed by atoms with Crippen molar-refractivity contribution in [2.24, 2.45) is 11.3 Å². The van der Waals surface area contributed by atoms with E-state index in [0.717, 1.165) is 28.3 Å². The van der Waals surface area contributed by atoms with Crippen LogP contribution in [0.3, 0.4) is 0 Å². The van der Waals surface area contributed by atoms with E-state index >= 15 is 0 Å². The molecule has 0 aromatic carbocycles. The molecule has 7 heteroatoms. The maximum absolute atomic E-state index is 13.0. The fraction of sp³-hybridized carbons (Fsp3) is 0.577. The second-order valence-electron chi connectivity index (χ2n) is 9.70. The van der Waals surface area contributed by atoms with Gasteiger partial charge in [-0.15, -0.1) is 11.3 Å². The molecule has 0 amide bonds. The van der Waals surface area contributed by atoms with Crippen molar-refractivity contribution in [1.29, 1.82) is 0 Å². The number of esters is 1. The van der Waals surface area contributed by atoms with Crippen molar-refractivity contribution in [2.75, 3.05) is 0 Å². The van der Waals surface area contributed by atoms with Crippen LogP contribution in [0.4, 0.5) is 0 Å². The molecule has 0 saturated heterocycles. The van der Waals surface area contributed by atoms with Crippen molar-refractivity contribution in [3.8, 4) is 0 Å². The van der Waals surface area contributed by atoms with Gasteiger partial charge < -0.3 is 14.9 Å². The predicted molar refractivity (Wildman–Crippen MR) is 132 cm³/mol. The number of ether oxygens (including phenoxy) is 1. The molecular formula is C26H37NO5S. The molecule has 0 unspecified atom stereocenters. The maximum atomic E-state index is 13.0. The van der Waals surface area contributed by atoms with Gasteiger partial charge in [-0.3, -0.25) is 9.59 Å². The third-order valence-electron chi connectivity index (χ3n) is 6.43. The Morgan fingerprint density at radius 1 is 1.30 bits per heavy atom. The number of thiazole rings is 1. The van der Waals surface area contributed by atoms with Crippen molar-refractivity contribution in [2.45, 2.75) is 85.5 Å². The van der Waals surface area contributed by atoms with E-state index in [-0.39, 0.29) is 17.9 Å². The van der Waals surface area contributed by atoms with Gasteiger partial charge in [0.25, 0.3) is 0 Å². The van der Waals surface area contributed by atoms with Crippen LogP contribution in [0, 0.1) is 18.3 Å². The highest BCUT2D eigenvalue weighted by Gasteiger charge is 2.40. The van der Waals surface area contributed by atoms with Gasteiger partial charge in [-0.25, -0.2) is 4.98 Å². The number of hydrogen-bond donors (Lipinski definition) is 2. The zero-order valence-electron chi connectivity index (χ0n) is 20.6. The van der Waals surface area contributed by atoms with Crippen molar-refractivity contribution in [3.63, 3.8) is 0 Å². The van der Waals surface area contributed by atoms with Gasteiger partial charge >= 0.3 is 5.97 Å². The fourth-order valence-electron chi connectivity index (χ4n) is 3.79. The van der Waals surface area contributed by atoms with E-state index in [4.69, 9.17) is 4.74 Å². The molecule has 0 fully saturated rings. The number of aliphatic hydroxyl groups is 2. The zero-order chi connectivity index (χ0) is 24.9. The smallest absolute Gasteiger partial charge is 0.309 e. The molecular weight excluding hydrogens is 438 g/mol. The van der Waals surface area contributed by atoms with E-state index in [0.29, 0.717) is 12.8 Å². The quantitative estimate of drug-likeness (QED) is 0.362. The van der Waals surface area contributed by atoms with Crippen LogP contribution >= 0.6 is 11.3 Å². The van der Waals surface area contributed by atoms with Crippen molar-refractivity contribution < 1.29 is 24.5 Å². The molecule has 2 heterocycles. The summed E-state index contributed by atoms with van der Waals surface area (Å²) >= 11 is 1.55. The monoisotopic (exact) mass is 475 g/mol. The minimum Gasteiger partial charge on any atom is -0.457 e. The molecule has 6 nitrogen and oxygen atoms in total. The van der Waals surface area contributed by atoms with Gasteiger partial charge in [-0.05, 0) is 51.2 Å². The molecule has 2 N–H and O–H groups in total. The van der Waals surface area contributed by atoms with Gasteiger partial charge in [0.05, 0.1) is 34.7 Å². The number of cyclic esters (lactones) is 1. The summed E-state index contributed by atoms with van der Waals surface area (Å²) in [6, 6.07) is 0. The molecule has 2 rings (SSSR count). The zero-order valence-corrected chi connectivity index (χ0v) is 21.4. The largest absolute Gasteiger partial charge is 0.457 e. The van der Waals surface area contributed by atoms with Crippen LogP contribution in [0.25, 0.3) is 6.08 Å². The van der Waals surface area contributed by atoms with Gasteiger partial charge in [0.1, 0.15) is 6.10 Å². The highest BCUT2D eigenvalue weighted by molar-refractivity contribution is 7.09. The number of Topliss-reactive ketones (excluding diaryl/α,β-unsaturated/α-hetero) is 1. The first-order valence-electron chi connectivity index (χ1n) is 11.4. The van der Waals surface area contributed by atoms with Gasteiger partial charge in [-0.1, -0.05) is 39.0 Å². The molecule has 0 saturated carbocycles. The number of aromatic nitrogens is 1. The van der Waals surface area contributed by atoms with E-state index in [1.807, 2.05) is 45.2 Å². The first-order chi connectivity index (χ1) is 15.3. The number of hydrogen-bond acceptors (Lipinski definition) is 7. The number of ketones is 1. The predicted octanol–water partition coefficient (Wildman–Crippen LogP) is 4.80. The molecule has 0 radical (unpaired) electrons. The lowest BCUT2D eigenvalue weighted by molar-refractivity contribution is -0.152. The lowest BCUT2D eigenvalue weighted by Crippen LogP contribution is -2.42. The Bertz CT molecular complexity index is 942. The van der Waals surface area contributed by atoms with Crippen LogP contribution in [0.5, 0.6) is 0 Å². The Kier molecular flexibility index (Phi) is 9.35. The lowest BCUT2D eigenvalue weighted by Gasteiger charge is -2.31. The van der Waals surface area contributed by atoms with Gasteiger partial charge in [0, 0.05) is 17.4 Å². The number of rotatable bonds is 2. The molecule has 1 aliphatic heterocycles. The second-order valence-corrected chi connectivity index (χ2v) is 10.8. The van der Waals surface area contributed by atoms with E-state index < -0.39 is 35.5 Å². The Labute approximate surface area is 201 Å². The maximum Gasteiger partial charge on any atom is 0.309 e. The molecule has 4 atom stereocenters. The highest BCUT2D eigenvalue weighted by Crippen LogP contribution is 2.32. The number of allylic oxidation sites excluding steroid dienone is 1. The number of carbonyl (C=O) groups is 2. The summed E-state index contributed by atoms with van der Waals surface area (Å²) in [5.74, 6) is -1.21. The summed E-state index contributed by atoms with van der Waals surface area (Å²) in [7, 11) is 0. The fourth-order valence-corrected chi connectivity index (χ4v) is 4.36. The normalized spacial score (nSPS) is 30.1. The molecule has 1 aromatic rings. The van der Waals surface area contributed by atoms with Crippen molar-refractivity contribution >= 4 is 29.2 Å². The van der Waals surface area contributed by atoms with Gasteiger partial charge in [0.2, 0.25) is 0 Å². The number of carbonyl (C=O) groups excluding carboxylic acids is 2. The van der Waals surface area contributed by atoms with Crippen LogP contribution in [0.2, 0.25) is 0 Å². The van der Waals surface area contributed by atoms with Crippen LogP contribution in [0.1, 0.15) is 71.0 Å². The average molecular weight is 476 g/mol. The molecule has 0 bridgehead atoms. The van der Waals surface area contributed by atoms with Crippen LogP contribution in [-0.4, -0.2) is 45.3 Å². The topological polar surface area (TPSA) is 96.7 Å². The number of nitrogens with zero attached hydrogens (tertiary/aromatic N) is 1. The Hall–Kier alpha value is -2.09. The standard InChI is InChI=1S/C26H37NO5S/c1-15-8-10-16(2)24(30)18(4)25(31)26(6,7)22(28)13-23(29)32-21(11-9-15)17(3)12-20-14-33-19(5)27-20/h9,12,14,16,21-22,24,28,30H,4,8,10-11,13H2,1-3,5-7H3/b15-9-,17-12+/t16-,21-,22-,24-/m0/s1. The summed E-state index contributed by atoms with van der Waals surface area (Å²) < 4.78 is 5.76. The third kappa shape index (κ3) is 7.19. The van der Waals surface area contributed by atoms with E-state index in [1.54, 1.807) is 25.2 Å². The van der Waals surface area contributed by atoms with Gasteiger partial charge in [-0.2, -0.15) is 0 Å². The molecule has 33 heavy (non-hydrogen) atoms. The third-order valence-corrected chi connectivity index (χ3v) is 7.23. The lowest BCUT2D eigenvalue weighted by atomic mass is 9.75. The van der Waals surface area contributed by atoms with Crippen LogP contribution < -0.4 is 0 Å². The molecule has 1 aliphatic rings. The van der Waals surface area contributed by atoms with E-state index in [9.17, 15) is 19.8 Å². The van der Waals surface area contributed by atoms with E-state index in [2.05, 4.69) is 11.6 Å². The molecule has 0 aliphatic carbocycles. The minimum atomic E-state index is -1.29.